The van der Waals surface area contributed by atoms with Crippen LogP contribution in [-0.2, 0) is 33.0 Å². The molecule has 1 aliphatic heterocycles. The number of aryl methyl sites for hydroxylation is 3. The Kier molecular flexibility index (Phi) is 5.89. The van der Waals surface area contributed by atoms with Gasteiger partial charge in [0.2, 0.25) is 5.82 Å². The minimum atomic E-state index is -0.312. The summed E-state index contributed by atoms with van der Waals surface area (Å²) < 4.78 is 3.04. The molecule has 166 valence electrons. The second-order valence-electron chi connectivity index (χ2n) is 8.13. The van der Waals surface area contributed by atoms with E-state index in [2.05, 4.69) is 10.1 Å². The zero-order chi connectivity index (χ0) is 22.8. The molecule has 9 heteroatoms. The number of carbonyl (C=O) groups excluding carboxylic acids is 2. The summed E-state index contributed by atoms with van der Waals surface area (Å²) in [5.74, 6) is -0.276. The number of rotatable bonds is 5. The summed E-state index contributed by atoms with van der Waals surface area (Å²) in [4.78, 5) is 46.3. The van der Waals surface area contributed by atoms with E-state index in [0.717, 1.165) is 16.7 Å². The molecule has 0 N–H and O–H groups in total. The van der Waals surface area contributed by atoms with Crippen LogP contribution in [0.5, 0.6) is 0 Å². The Morgan fingerprint density at radius 3 is 2.56 bits per heavy atom. The first kappa shape index (κ1) is 21.5. The highest BCUT2D eigenvalue weighted by molar-refractivity contribution is 5.96. The van der Waals surface area contributed by atoms with E-state index >= 15 is 0 Å². The van der Waals surface area contributed by atoms with Gasteiger partial charge in [0, 0.05) is 47.0 Å². The summed E-state index contributed by atoms with van der Waals surface area (Å²) in [5.41, 5.74) is 2.56. The third-order valence-electron chi connectivity index (χ3n) is 5.76. The van der Waals surface area contributed by atoms with Crippen molar-refractivity contribution in [3.05, 3.63) is 81.3 Å². The summed E-state index contributed by atoms with van der Waals surface area (Å²) >= 11 is 0. The average Bonchev–Trinajstić information content (AvgIpc) is 3.23. The average molecular weight is 435 g/mol. The molecule has 0 saturated heterocycles. The van der Waals surface area contributed by atoms with Crippen molar-refractivity contribution in [2.24, 2.45) is 7.05 Å². The van der Waals surface area contributed by atoms with Crippen molar-refractivity contribution >= 4 is 11.8 Å². The van der Waals surface area contributed by atoms with Gasteiger partial charge in [0.1, 0.15) is 11.9 Å². The van der Waals surface area contributed by atoms with E-state index in [9.17, 15) is 14.4 Å². The van der Waals surface area contributed by atoms with E-state index in [1.54, 1.807) is 36.8 Å². The second kappa shape index (κ2) is 8.78. The fraction of sp³-hybridized carbons (Fsp3) is 0.348. The molecule has 32 heavy (non-hydrogen) atoms. The second-order valence-corrected chi connectivity index (χ2v) is 8.13. The Balaban J connectivity index is 1.70. The highest BCUT2D eigenvalue weighted by atomic mass is 16.2. The number of hydrogen-bond donors (Lipinski definition) is 0. The lowest BCUT2D eigenvalue weighted by molar-refractivity contribution is 0.0716. The Hall–Kier alpha value is -3.75. The van der Waals surface area contributed by atoms with Crippen molar-refractivity contribution in [3.8, 4) is 0 Å². The lowest BCUT2D eigenvalue weighted by Gasteiger charge is -2.30. The first-order valence-corrected chi connectivity index (χ1v) is 10.5. The smallest absolute Gasteiger partial charge is 0.291 e. The topological polar surface area (TPSA) is 93.3 Å². The van der Waals surface area contributed by atoms with E-state index in [4.69, 9.17) is 0 Å². The summed E-state index contributed by atoms with van der Waals surface area (Å²) in [6, 6.07) is 9.89. The molecule has 3 aromatic rings. The highest BCUT2D eigenvalue weighted by Crippen LogP contribution is 2.23. The van der Waals surface area contributed by atoms with Crippen LogP contribution >= 0.6 is 0 Å². The summed E-state index contributed by atoms with van der Waals surface area (Å²) in [7, 11) is 4.96. The van der Waals surface area contributed by atoms with E-state index in [1.807, 2.05) is 30.3 Å². The van der Waals surface area contributed by atoms with Crippen LogP contribution < -0.4 is 5.56 Å². The fourth-order valence-electron chi connectivity index (χ4n) is 4.02. The molecule has 4 rings (SSSR count). The van der Waals surface area contributed by atoms with Crippen LogP contribution in [-0.4, -0.2) is 61.6 Å². The monoisotopic (exact) mass is 434 g/mol. The number of hydrogen-bond acceptors (Lipinski definition) is 5. The van der Waals surface area contributed by atoms with Gasteiger partial charge in [-0.25, -0.2) is 9.67 Å². The third kappa shape index (κ3) is 4.05. The van der Waals surface area contributed by atoms with Crippen molar-refractivity contribution in [2.45, 2.75) is 25.9 Å². The predicted octanol–water partition coefficient (Wildman–Crippen LogP) is 1.12. The Labute approximate surface area is 185 Å². The number of aromatic nitrogens is 4. The van der Waals surface area contributed by atoms with Crippen molar-refractivity contribution in [1.82, 2.24) is 29.1 Å². The van der Waals surface area contributed by atoms with E-state index in [1.165, 1.54) is 15.9 Å². The largest absolute Gasteiger partial charge is 0.345 e. The summed E-state index contributed by atoms with van der Waals surface area (Å²) in [6.07, 6.45) is 4.24. The molecule has 1 aliphatic rings. The third-order valence-corrected chi connectivity index (χ3v) is 5.76. The van der Waals surface area contributed by atoms with Crippen molar-refractivity contribution in [2.75, 3.05) is 20.6 Å². The normalized spacial score (nSPS) is 13.0. The van der Waals surface area contributed by atoms with Gasteiger partial charge >= 0.3 is 0 Å². The van der Waals surface area contributed by atoms with Crippen LogP contribution in [0.1, 0.15) is 37.7 Å². The number of fused-ring (bicyclic) bond motifs is 1. The number of amides is 2. The van der Waals surface area contributed by atoms with Crippen molar-refractivity contribution in [1.29, 1.82) is 0 Å². The molecule has 0 saturated carbocycles. The van der Waals surface area contributed by atoms with Crippen LogP contribution in [0.3, 0.4) is 0 Å². The first-order chi connectivity index (χ1) is 15.4. The number of carbonyl (C=O) groups is 2. The fourth-order valence-corrected chi connectivity index (χ4v) is 4.02. The molecule has 3 heterocycles. The maximum atomic E-state index is 13.3. The van der Waals surface area contributed by atoms with Crippen LogP contribution in [0.2, 0.25) is 0 Å². The van der Waals surface area contributed by atoms with Gasteiger partial charge in [-0.1, -0.05) is 30.3 Å². The molecule has 1 aromatic carbocycles. The van der Waals surface area contributed by atoms with E-state index < -0.39 is 0 Å². The van der Waals surface area contributed by atoms with Gasteiger partial charge in [-0.15, -0.1) is 0 Å². The lowest BCUT2D eigenvalue weighted by atomic mass is 9.95. The molecular formula is C23H26N6O3. The highest BCUT2D eigenvalue weighted by Gasteiger charge is 2.30. The van der Waals surface area contributed by atoms with Crippen LogP contribution in [0, 0.1) is 0 Å². The lowest BCUT2D eigenvalue weighted by Crippen LogP contribution is -2.42. The molecule has 9 nitrogen and oxygen atoms in total. The molecule has 0 unspecified atom stereocenters. The number of benzene rings is 1. The van der Waals surface area contributed by atoms with Crippen LogP contribution in [0.15, 0.2) is 47.7 Å². The van der Waals surface area contributed by atoms with Gasteiger partial charge in [-0.2, -0.15) is 5.10 Å². The molecule has 2 amide bonds. The minimum absolute atomic E-state index is 0.200. The standard InChI is InChI=1S/C23H26N6O3/c1-26(2)21(30)19-18-10-12-29(23(32)20-24-15-25-27(20)3)14-17(18)13-28(22(19)31)11-9-16-7-5-4-6-8-16/h4-8,13,15H,9-12,14H2,1-3H3. The number of nitrogens with zero attached hydrogens (tertiary/aromatic N) is 6. The molecular weight excluding hydrogens is 408 g/mol. The SMILES string of the molecule is CN(C)C(=O)c1c2c(cn(CCc3ccccc3)c1=O)CN(C(=O)c1ncnn1C)CC2. The maximum absolute atomic E-state index is 13.3. The van der Waals surface area contributed by atoms with Crippen molar-refractivity contribution in [3.63, 3.8) is 0 Å². The zero-order valence-corrected chi connectivity index (χ0v) is 18.5. The zero-order valence-electron chi connectivity index (χ0n) is 18.5. The van der Waals surface area contributed by atoms with Gasteiger partial charge in [0.15, 0.2) is 0 Å². The molecule has 0 spiro atoms. The summed E-state index contributed by atoms with van der Waals surface area (Å²) in [5, 5.41) is 3.97. The number of pyridine rings is 1. The molecule has 0 radical (unpaired) electrons. The Bertz CT molecular complexity index is 1210. The van der Waals surface area contributed by atoms with Crippen LogP contribution in [0.4, 0.5) is 0 Å². The van der Waals surface area contributed by atoms with Gasteiger partial charge in [-0.3, -0.25) is 14.4 Å². The van der Waals surface area contributed by atoms with Crippen molar-refractivity contribution < 1.29 is 9.59 Å². The van der Waals surface area contributed by atoms with Crippen LogP contribution in [0.25, 0.3) is 0 Å². The molecule has 0 aliphatic carbocycles. The van der Waals surface area contributed by atoms with Gasteiger partial charge < -0.3 is 14.4 Å². The van der Waals surface area contributed by atoms with Gasteiger partial charge in [0.05, 0.1) is 0 Å². The van der Waals surface area contributed by atoms with Gasteiger partial charge in [0.25, 0.3) is 17.4 Å². The summed E-state index contributed by atoms with van der Waals surface area (Å²) in [6.45, 7) is 1.15. The molecule has 0 fully saturated rings. The Morgan fingerprint density at radius 1 is 1.16 bits per heavy atom. The molecule has 0 atom stereocenters. The Morgan fingerprint density at radius 2 is 1.91 bits per heavy atom. The minimum Gasteiger partial charge on any atom is -0.345 e. The first-order valence-electron chi connectivity index (χ1n) is 10.5. The van der Waals surface area contributed by atoms with Gasteiger partial charge in [-0.05, 0) is 29.5 Å². The quantitative estimate of drug-likeness (QED) is 0.600. The van der Waals surface area contributed by atoms with E-state index in [-0.39, 0.29) is 28.8 Å². The predicted molar refractivity (Wildman–Crippen MR) is 118 cm³/mol. The van der Waals surface area contributed by atoms with E-state index in [0.29, 0.717) is 32.5 Å². The molecule has 0 bridgehead atoms. The molecule has 2 aromatic heterocycles. The maximum Gasteiger partial charge on any atom is 0.291 e.